The number of carbonyl (C=O) groups is 4. The minimum atomic E-state index is -0.224. The summed E-state index contributed by atoms with van der Waals surface area (Å²) in [4.78, 5) is 52.8. The zero-order chi connectivity index (χ0) is 42.9. The van der Waals surface area contributed by atoms with E-state index in [-0.39, 0.29) is 50.1 Å². The van der Waals surface area contributed by atoms with Gasteiger partial charge < -0.3 is 50.8 Å². The Morgan fingerprint density at radius 1 is 0.306 bits per heavy atom. The summed E-state index contributed by atoms with van der Waals surface area (Å²) >= 11 is 0. The molecule has 62 heavy (non-hydrogen) atoms. The molecule has 14 heteroatoms. The second-order valence-electron chi connectivity index (χ2n) is 15.8. The molecule has 4 amide bonds. The molecule has 4 aromatic carbocycles. The molecule has 0 atom stereocenters. The van der Waals surface area contributed by atoms with E-state index in [4.69, 9.17) is 18.9 Å². The van der Waals surface area contributed by atoms with E-state index in [9.17, 15) is 19.2 Å². The van der Waals surface area contributed by atoms with Crippen molar-refractivity contribution >= 4 is 23.6 Å². The van der Waals surface area contributed by atoms with Crippen LogP contribution in [0, 0.1) is 0 Å². The molecule has 3 aliphatic rings. The molecule has 4 aromatic rings. The molecule has 2 heterocycles. The highest BCUT2D eigenvalue weighted by atomic mass is 16.5. The first-order valence-corrected chi connectivity index (χ1v) is 21.8. The van der Waals surface area contributed by atoms with Crippen molar-refractivity contribution in [3.05, 3.63) is 117 Å². The van der Waals surface area contributed by atoms with Crippen LogP contribution in [-0.4, -0.2) is 102 Å². The molecule has 2 aliphatic heterocycles. The minimum Gasteiger partial charge on any atom is -0.483 e. The lowest BCUT2D eigenvalue weighted by Gasteiger charge is -2.22. The number of benzene rings is 4. The number of hydrogen-bond donors (Lipinski definition) is 6. The first kappa shape index (κ1) is 44.0. The lowest BCUT2D eigenvalue weighted by molar-refractivity contribution is -0.123. The molecule has 0 fully saturated rings. The van der Waals surface area contributed by atoms with E-state index in [1.165, 1.54) is 0 Å². The van der Waals surface area contributed by atoms with Gasteiger partial charge in [-0.05, 0) is 96.4 Å². The van der Waals surface area contributed by atoms with Crippen molar-refractivity contribution in [2.45, 2.75) is 51.4 Å². The normalized spacial score (nSPS) is 18.1. The molecule has 7 rings (SSSR count). The van der Waals surface area contributed by atoms with Crippen molar-refractivity contribution in [3.8, 4) is 23.0 Å². The lowest BCUT2D eigenvalue weighted by Crippen LogP contribution is -2.33. The van der Waals surface area contributed by atoms with Gasteiger partial charge in [0.15, 0.2) is 26.4 Å². The van der Waals surface area contributed by atoms with Gasteiger partial charge in [0.25, 0.3) is 23.6 Å². The molecule has 14 nitrogen and oxygen atoms in total. The standard InChI is InChI=1S/C48H58N6O8/c55-41-29-59-45-33-9-1-13-37(45)27-38-14-3-11-35-26-36-12-4-16-40(48(36)62-32-44(58)54-24-8-20-50-19-7-23-53-43(57)31-61-47(35)38)28-39-15-2-10-34(25-33)46(39)60-30-42(56)52-22-6-18-49-17-5-21-51-41/h1-4,9-16,49-50H,5-8,17-32H2,(H,51,55)(H,52,56)(H,53,57)(H,54,58). The van der Waals surface area contributed by atoms with Gasteiger partial charge in [0, 0.05) is 51.9 Å². The van der Waals surface area contributed by atoms with E-state index < -0.39 is 0 Å². The van der Waals surface area contributed by atoms with Crippen LogP contribution in [-0.2, 0) is 44.9 Å². The summed E-state index contributed by atoms with van der Waals surface area (Å²) in [6.45, 7) is 4.11. The van der Waals surface area contributed by atoms with Gasteiger partial charge in [0.2, 0.25) is 0 Å². The Kier molecular flexibility index (Phi) is 16.1. The summed E-state index contributed by atoms with van der Waals surface area (Å²) in [6, 6.07) is 23.7. The van der Waals surface area contributed by atoms with Crippen molar-refractivity contribution in [1.29, 1.82) is 0 Å². The van der Waals surface area contributed by atoms with Crippen LogP contribution >= 0.6 is 0 Å². The van der Waals surface area contributed by atoms with Crippen LogP contribution in [0.1, 0.15) is 70.2 Å². The largest absolute Gasteiger partial charge is 0.483 e. The second-order valence-corrected chi connectivity index (χ2v) is 15.8. The van der Waals surface area contributed by atoms with Crippen molar-refractivity contribution < 1.29 is 38.1 Å². The van der Waals surface area contributed by atoms with Crippen LogP contribution in [0.4, 0.5) is 0 Å². The molecule has 0 radical (unpaired) electrons. The van der Waals surface area contributed by atoms with E-state index in [2.05, 4.69) is 31.9 Å². The van der Waals surface area contributed by atoms with Crippen molar-refractivity contribution in [2.24, 2.45) is 0 Å². The summed E-state index contributed by atoms with van der Waals surface area (Å²) in [5.41, 5.74) is 6.59. The van der Waals surface area contributed by atoms with E-state index in [0.717, 1.165) is 96.4 Å². The Balaban J connectivity index is 1.36. The van der Waals surface area contributed by atoms with Gasteiger partial charge in [-0.2, -0.15) is 0 Å². The summed E-state index contributed by atoms with van der Waals surface area (Å²) in [6.07, 6.45) is 4.43. The number of rotatable bonds is 0. The molecular weight excluding hydrogens is 789 g/mol. The number of para-hydroxylation sites is 4. The third-order valence-electron chi connectivity index (χ3n) is 11.0. The highest BCUT2D eigenvalue weighted by Crippen LogP contribution is 2.39. The van der Waals surface area contributed by atoms with Gasteiger partial charge in [-0.25, -0.2) is 0 Å². The fourth-order valence-electron chi connectivity index (χ4n) is 8.00. The van der Waals surface area contributed by atoms with Gasteiger partial charge >= 0.3 is 0 Å². The predicted molar refractivity (Wildman–Crippen MR) is 235 cm³/mol. The Labute approximate surface area is 363 Å². The highest BCUT2D eigenvalue weighted by molar-refractivity contribution is 5.79. The van der Waals surface area contributed by atoms with E-state index in [1.807, 2.05) is 72.8 Å². The number of carbonyl (C=O) groups excluding carboxylic acids is 4. The average Bonchev–Trinajstić information content (AvgIpc) is 3.26. The van der Waals surface area contributed by atoms with Crippen LogP contribution in [0.25, 0.3) is 0 Å². The fourth-order valence-corrected chi connectivity index (χ4v) is 8.00. The molecule has 0 saturated heterocycles. The maximum Gasteiger partial charge on any atom is 0.257 e. The smallest absolute Gasteiger partial charge is 0.257 e. The maximum atomic E-state index is 13.2. The molecule has 328 valence electrons. The Hall–Kier alpha value is -6.12. The Bertz CT molecular complexity index is 1890. The molecule has 0 unspecified atom stereocenters. The van der Waals surface area contributed by atoms with Crippen LogP contribution in [0.2, 0.25) is 0 Å². The van der Waals surface area contributed by atoms with Crippen LogP contribution in [0.5, 0.6) is 23.0 Å². The summed E-state index contributed by atoms with van der Waals surface area (Å²) in [5, 5.41) is 18.7. The molecule has 0 aromatic heterocycles. The third-order valence-corrected chi connectivity index (χ3v) is 11.0. The monoisotopic (exact) mass is 846 g/mol. The minimum absolute atomic E-state index is 0.185. The topological polar surface area (TPSA) is 177 Å². The quantitative estimate of drug-likeness (QED) is 0.136. The molecule has 6 N–H and O–H groups in total. The Morgan fingerprint density at radius 3 is 0.726 bits per heavy atom. The highest BCUT2D eigenvalue weighted by Gasteiger charge is 2.23. The van der Waals surface area contributed by atoms with Gasteiger partial charge in [0.1, 0.15) is 23.0 Å². The van der Waals surface area contributed by atoms with Crippen molar-refractivity contribution in [2.75, 3.05) is 78.8 Å². The van der Waals surface area contributed by atoms with Crippen LogP contribution in [0.3, 0.4) is 0 Å². The zero-order valence-corrected chi connectivity index (χ0v) is 35.3. The van der Waals surface area contributed by atoms with Crippen molar-refractivity contribution in [1.82, 2.24) is 31.9 Å². The first-order chi connectivity index (χ1) is 30.4. The fraction of sp³-hybridized carbons (Fsp3) is 0.417. The first-order valence-electron chi connectivity index (χ1n) is 21.8. The van der Waals surface area contributed by atoms with Gasteiger partial charge in [0.05, 0.1) is 0 Å². The van der Waals surface area contributed by atoms with Crippen LogP contribution in [0.15, 0.2) is 72.8 Å². The number of ether oxygens (including phenoxy) is 4. The summed E-state index contributed by atoms with van der Waals surface area (Å²) in [5.74, 6) is 1.36. The maximum absolute atomic E-state index is 13.2. The Morgan fingerprint density at radius 2 is 0.516 bits per heavy atom. The van der Waals surface area contributed by atoms with Crippen molar-refractivity contribution in [3.63, 3.8) is 0 Å². The van der Waals surface area contributed by atoms with Gasteiger partial charge in [-0.3, -0.25) is 19.2 Å². The summed E-state index contributed by atoms with van der Waals surface area (Å²) in [7, 11) is 0. The van der Waals surface area contributed by atoms with Gasteiger partial charge in [-0.15, -0.1) is 0 Å². The molecule has 1 aliphatic carbocycles. The molecular formula is C48H58N6O8. The van der Waals surface area contributed by atoms with E-state index in [1.54, 1.807) is 0 Å². The predicted octanol–water partition coefficient (Wildman–Crippen LogP) is 3.11. The molecule has 12 bridgehead atoms. The summed E-state index contributed by atoms with van der Waals surface area (Å²) < 4.78 is 26.0. The molecule has 0 saturated carbocycles. The van der Waals surface area contributed by atoms with E-state index in [0.29, 0.717) is 74.9 Å². The SMILES string of the molecule is O=C1COc2c3cccc2Cc2cccc4c2OCC(=O)NCCCNCCCNC(=O)COc2c(cccc2Cc2cccc(c2OCC(=O)NCCCNCCCN1)C3)C4. The second kappa shape index (κ2) is 22.6. The average molecular weight is 847 g/mol. The van der Waals surface area contributed by atoms with Crippen LogP contribution < -0.4 is 50.8 Å². The molecule has 0 spiro atoms. The zero-order valence-electron chi connectivity index (χ0n) is 35.3. The third kappa shape index (κ3) is 12.5. The number of amides is 4. The van der Waals surface area contributed by atoms with E-state index >= 15 is 0 Å². The number of nitrogens with one attached hydrogen (secondary N) is 6. The number of hydrogen-bond acceptors (Lipinski definition) is 10. The lowest BCUT2D eigenvalue weighted by atomic mass is 9.91. The van der Waals surface area contributed by atoms with Gasteiger partial charge in [-0.1, -0.05) is 72.8 Å².